The summed E-state index contributed by atoms with van der Waals surface area (Å²) < 4.78 is 0.898. The number of hydrogen-bond acceptors (Lipinski definition) is 5. The summed E-state index contributed by atoms with van der Waals surface area (Å²) in [6, 6.07) is 0.220. The molecule has 1 amide bonds. The Kier molecular flexibility index (Phi) is 7.86. The van der Waals surface area contributed by atoms with Gasteiger partial charge in [-0.2, -0.15) is 0 Å². The maximum Gasteiger partial charge on any atom is 0.274 e. The van der Waals surface area contributed by atoms with E-state index < -0.39 is 0 Å². The van der Waals surface area contributed by atoms with Crippen LogP contribution in [0.3, 0.4) is 0 Å². The van der Waals surface area contributed by atoms with Crippen molar-refractivity contribution in [2.75, 3.05) is 13.1 Å². The molecule has 0 aromatic carbocycles. The quantitative estimate of drug-likeness (QED) is 0.870. The minimum absolute atomic E-state index is 0. The molecular formula is C16H24Cl2N4OS. The fraction of sp³-hybridized carbons (Fsp3) is 0.562. The van der Waals surface area contributed by atoms with Crippen LogP contribution in [0.2, 0.25) is 0 Å². The van der Waals surface area contributed by atoms with Gasteiger partial charge in [0.2, 0.25) is 0 Å². The van der Waals surface area contributed by atoms with E-state index in [-0.39, 0.29) is 36.8 Å². The van der Waals surface area contributed by atoms with Crippen molar-refractivity contribution in [1.29, 1.82) is 0 Å². The molecular weight excluding hydrogens is 367 g/mol. The number of nitrogens with two attached hydrogens (primary N) is 1. The third kappa shape index (κ3) is 3.82. The van der Waals surface area contributed by atoms with Crippen molar-refractivity contribution in [3.63, 3.8) is 0 Å². The number of piperidine rings is 1. The molecule has 1 saturated heterocycles. The highest BCUT2D eigenvalue weighted by Crippen LogP contribution is 2.30. The van der Waals surface area contributed by atoms with E-state index in [1.54, 1.807) is 11.3 Å². The monoisotopic (exact) mass is 390 g/mol. The second-order valence-electron chi connectivity index (χ2n) is 6.08. The van der Waals surface area contributed by atoms with Gasteiger partial charge in [0.25, 0.3) is 5.91 Å². The Morgan fingerprint density at radius 1 is 1.42 bits per heavy atom. The van der Waals surface area contributed by atoms with E-state index in [0.717, 1.165) is 41.6 Å². The van der Waals surface area contributed by atoms with E-state index in [1.807, 2.05) is 17.2 Å². The molecule has 134 valence electrons. The summed E-state index contributed by atoms with van der Waals surface area (Å²) in [5.74, 6) is 0.517. The van der Waals surface area contributed by atoms with Crippen molar-refractivity contribution in [3.8, 4) is 0 Å². The first-order chi connectivity index (χ1) is 10.6. The SMILES string of the molecule is Cc1csc2c(C(=O)N3CCCC(C)C3CCN)ncnc12.Cl.Cl. The lowest BCUT2D eigenvalue weighted by Crippen LogP contribution is -2.48. The minimum Gasteiger partial charge on any atom is -0.334 e. The Labute approximate surface area is 158 Å². The smallest absolute Gasteiger partial charge is 0.274 e. The third-order valence-corrected chi connectivity index (χ3v) is 5.67. The zero-order valence-corrected chi connectivity index (χ0v) is 16.3. The van der Waals surface area contributed by atoms with Crippen LogP contribution in [0.15, 0.2) is 11.7 Å². The van der Waals surface area contributed by atoms with Crippen molar-refractivity contribution in [1.82, 2.24) is 14.9 Å². The number of halogens is 2. The van der Waals surface area contributed by atoms with E-state index in [2.05, 4.69) is 16.9 Å². The van der Waals surface area contributed by atoms with Crippen LogP contribution in [0.25, 0.3) is 10.2 Å². The van der Waals surface area contributed by atoms with E-state index in [0.29, 0.717) is 18.2 Å². The fourth-order valence-corrected chi connectivity index (χ4v) is 4.35. The first kappa shape index (κ1) is 21.1. The number of rotatable bonds is 3. The van der Waals surface area contributed by atoms with Gasteiger partial charge in [0.05, 0.1) is 10.2 Å². The number of carbonyl (C=O) groups is 1. The Hall–Kier alpha value is -0.950. The first-order valence-corrected chi connectivity index (χ1v) is 8.71. The van der Waals surface area contributed by atoms with E-state index in [9.17, 15) is 4.79 Å². The first-order valence-electron chi connectivity index (χ1n) is 7.83. The van der Waals surface area contributed by atoms with Crippen LogP contribution < -0.4 is 5.73 Å². The van der Waals surface area contributed by atoms with Gasteiger partial charge in [-0.25, -0.2) is 9.97 Å². The molecule has 1 aliphatic rings. The minimum atomic E-state index is 0. The number of amides is 1. The maximum absolute atomic E-state index is 13.1. The largest absolute Gasteiger partial charge is 0.334 e. The molecule has 24 heavy (non-hydrogen) atoms. The Bertz CT molecular complexity index is 694. The highest BCUT2D eigenvalue weighted by molar-refractivity contribution is 7.17. The van der Waals surface area contributed by atoms with Gasteiger partial charge in [0, 0.05) is 12.6 Å². The molecule has 1 aliphatic heterocycles. The Morgan fingerprint density at radius 3 is 2.88 bits per heavy atom. The van der Waals surface area contributed by atoms with Crippen molar-refractivity contribution in [2.45, 2.75) is 39.2 Å². The van der Waals surface area contributed by atoms with Gasteiger partial charge in [-0.05, 0) is 49.6 Å². The van der Waals surface area contributed by atoms with Crippen molar-refractivity contribution < 1.29 is 4.79 Å². The Balaban J connectivity index is 0.00000144. The molecule has 0 radical (unpaired) electrons. The molecule has 3 rings (SSSR count). The molecule has 2 aromatic heterocycles. The topological polar surface area (TPSA) is 72.1 Å². The van der Waals surface area contributed by atoms with Crippen LogP contribution in [0.4, 0.5) is 0 Å². The van der Waals surface area contributed by atoms with Gasteiger partial charge < -0.3 is 10.6 Å². The highest BCUT2D eigenvalue weighted by Gasteiger charge is 2.33. The summed E-state index contributed by atoms with van der Waals surface area (Å²) in [6.07, 6.45) is 4.56. The zero-order chi connectivity index (χ0) is 15.7. The molecule has 2 atom stereocenters. The number of likely N-dealkylation sites (tertiary alicyclic amines) is 1. The normalized spacial score (nSPS) is 20.4. The third-order valence-electron chi connectivity index (χ3n) is 4.57. The van der Waals surface area contributed by atoms with Crippen LogP contribution in [0.5, 0.6) is 0 Å². The molecule has 0 aliphatic carbocycles. The fourth-order valence-electron chi connectivity index (χ4n) is 3.37. The van der Waals surface area contributed by atoms with Gasteiger partial charge in [-0.3, -0.25) is 4.79 Å². The number of aryl methyl sites for hydroxylation is 1. The number of fused-ring (bicyclic) bond motifs is 1. The summed E-state index contributed by atoms with van der Waals surface area (Å²) in [5.41, 5.74) is 8.29. The van der Waals surface area contributed by atoms with Crippen molar-refractivity contribution in [3.05, 3.63) is 23.0 Å². The molecule has 2 unspecified atom stereocenters. The van der Waals surface area contributed by atoms with Crippen molar-refractivity contribution >= 4 is 52.3 Å². The van der Waals surface area contributed by atoms with E-state index in [1.165, 1.54) is 6.33 Å². The lowest BCUT2D eigenvalue weighted by Gasteiger charge is -2.40. The summed E-state index contributed by atoms with van der Waals surface area (Å²) in [6.45, 7) is 5.63. The molecule has 5 nitrogen and oxygen atoms in total. The van der Waals surface area contributed by atoms with Crippen LogP contribution in [-0.4, -0.2) is 39.9 Å². The van der Waals surface area contributed by atoms with E-state index in [4.69, 9.17) is 5.73 Å². The molecule has 3 heterocycles. The Morgan fingerprint density at radius 2 is 2.17 bits per heavy atom. The van der Waals surface area contributed by atoms with Crippen LogP contribution >= 0.6 is 36.2 Å². The van der Waals surface area contributed by atoms with Gasteiger partial charge in [-0.15, -0.1) is 36.2 Å². The number of thiophene rings is 1. The average molecular weight is 391 g/mol. The summed E-state index contributed by atoms with van der Waals surface area (Å²) >= 11 is 1.55. The van der Waals surface area contributed by atoms with Crippen LogP contribution in [0.1, 0.15) is 42.2 Å². The maximum atomic E-state index is 13.1. The second-order valence-corrected chi connectivity index (χ2v) is 6.96. The predicted octanol–water partition coefficient (Wildman–Crippen LogP) is 3.43. The molecule has 0 saturated carbocycles. The van der Waals surface area contributed by atoms with Gasteiger partial charge in [0.15, 0.2) is 0 Å². The number of nitrogens with zero attached hydrogens (tertiary/aromatic N) is 3. The van der Waals surface area contributed by atoms with Crippen LogP contribution in [0, 0.1) is 12.8 Å². The lowest BCUT2D eigenvalue weighted by molar-refractivity contribution is 0.0500. The summed E-state index contributed by atoms with van der Waals surface area (Å²) in [7, 11) is 0. The second kappa shape index (κ2) is 8.94. The number of hydrogen-bond donors (Lipinski definition) is 1. The number of aromatic nitrogens is 2. The zero-order valence-electron chi connectivity index (χ0n) is 13.9. The standard InChI is InChI=1S/C16H22N4OS.2ClH/c1-10-4-3-7-20(12(10)5-6-17)16(21)14-15-13(18-9-19-14)11(2)8-22-15;;/h8-10,12H,3-7,17H2,1-2H3;2*1H. The lowest BCUT2D eigenvalue weighted by atomic mass is 9.88. The van der Waals surface area contributed by atoms with Gasteiger partial charge in [0.1, 0.15) is 12.0 Å². The van der Waals surface area contributed by atoms with Crippen molar-refractivity contribution in [2.24, 2.45) is 11.7 Å². The van der Waals surface area contributed by atoms with Gasteiger partial charge >= 0.3 is 0 Å². The van der Waals surface area contributed by atoms with Crippen LogP contribution in [-0.2, 0) is 0 Å². The summed E-state index contributed by atoms with van der Waals surface area (Å²) in [5, 5.41) is 2.03. The molecule has 1 fully saturated rings. The molecule has 8 heteroatoms. The molecule has 0 bridgehead atoms. The molecule has 2 aromatic rings. The average Bonchev–Trinajstić information content (AvgIpc) is 2.90. The number of carbonyl (C=O) groups excluding carboxylic acids is 1. The van der Waals surface area contributed by atoms with Gasteiger partial charge in [-0.1, -0.05) is 6.92 Å². The predicted molar refractivity (Wildman–Crippen MR) is 104 cm³/mol. The summed E-state index contributed by atoms with van der Waals surface area (Å²) in [4.78, 5) is 23.6. The van der Waals surface area contributed by atoms with E-state index >= 15 is 0 Å². The molecule has 0 spiro atoms. The molecule has 2 N–H and O–H groups in total. The highest BCUT2D eigenvalue weighted by atomic mass is 35.5.